The minimum absolute atomic E-state index is 0.206. The summed E-state index contributed by atoms with van der Waals surface area (Å²) >= 11 is 0. The van der Waals surface area contributed by atoms with Gasteiger partial charge in [0.25, 0.3) is 0 Å². The maximum atomic E-state index is 2.52. The van der Waals surface area contributed by atoms with Crippen LogP contribution in [0.25, 0.3) is 121 Å². The van der Waals surface area contributed by atoms with E-state index in [2.05, 4.69) is 275 Å². The molecule has 12 aromatic carbocycles. The molecule has 0 heteroatoms. The van der Waals surface area contributed by atoms with Crippen molar-refractivity contribution in [1.29, 1.82) is 0 Å². The van der Waals surface area contributed by atoms with Gasteiger partial charge >= 0.3 is 0 Å². The Hall–Kier alpha value is -8.32. The SMILES string of the molecule is Cc1cccc2c(-c3ccc4c(c3)C(C)(C)c3cc(-c5ccc6c(c5)C(C)(C)c5cc(-c7c8ccccc8c(-c8ccc(C(C)C)cc8)c8c(C)cccc78)ccc5-6)ccc3-4)c3ccccc3c(-c3ccc(C(C)C)cc3)c12. The molecule has 2 aliphatic carbocycles. The fourth-order valence-corrected chi connectivity index (χ4v) is 14.2. The predicted octanol–water partition coefficient (Wildman–Crippen LogP) is 22.1. The normalized spacial score (nSPS) is 13.9. The van der Waals surface area contributed by atoms with Gasteiger partial charge in [0, 0.05) is 10.8 Å². The van der Waals surface area contributed by atoms with Gasteiger partial charge in [-0.25, -0.2) is 0 Å². The molecule has 14 rings (SSSR count). The molecule has 378 valence electrons. The van der Waals surface area contributed by atoms with E-state index < -0.39 is 0 Å². The lowest BCUT2D eigenvalue weighted by Crippen LogP contribution is -2.15. The molecule has 0 amide bonds. The Labute approximate surface area is 461 Å². The zero-order valence-electron chi connectivity index (χ0n) is 46.8. The maximum absolute atomic E-state index is 2.52. The van der Waals surface area contributed by atoms with Crippen LogP contribution in [-0.4, -0.2) is 0 Å². The third-order valence-corrected chi connectivity index (χ3v) is 18.5. The molecule has 0 fully saturated rings. The summed E-state index contributed by atoms with van der Waals surface area (Å²) in [5.41, 5.74) is 28.7. The third-order valence-electron chi connectivity index (χ3n) is 18.5. The lowest BCUT2D eigenvalue weighted by atomic mass is 9.79. The van der Waals surface area contributed by atoms with Crippen LogP contribution >= 0.6 is 0 Å². The Kier molecular flexibility index (Phi) is 10.9. The lowest BCUT2D eigenvalue weighted by molar-refractivity contribution is 0.660. The highest BCUT2D eigenvalue weighted by molar-refractivity contribution is 6.24. The van der Waals surface area contributed by atoms with Crippen LogP contribution in [-0.2, 0) is 10.8 Å². The van der Waals surface area contributed by atoms with Crippen molar-refractivity contribution < 1.29 is 0 Å². The molecule has 0 unspecified atom stereocenters. The zero-order chi connectivity index (χ0) is 53.5. The van der Waals surface area contributed by atoms with E-state index in [0.717, 1.165) is 0 Å². The first-order chi connectivity index (χ1) is 37.7. The van der Waals surface area contributed by atoms with Crippen LogP contribution in [0.3, 0.4) is 0 Å². The Morgan fingerprint density at radius 3 is 0.885 bits per heavy atom. The van der Waals surface area contributed by atoms with Crippen molar-refractivity contribution in [2.45, 2.75) is 91.9 Å². The van der Waals surface area contributed by atoms with E-state index in [1.165, 1.54) is 165 Å². The van der Waals surface area contributed by atoms with Crippen molar-refractivity contribution in [1.82, 2.24) is 0 Å². The minimum Gasteiger partial charge on any atom is -0.0616 e. The van der Waals surface area contributed by atoms with Gasteiger partial charge in [0.15, 0.2) is 0 Å². The Morgan fingerprint density at radius 2 is 0.551 bits per heavy atom. The lowest BCUT2D eigenvalue weighted by Gasteiger charge is -2.24. The molecule has 0 heterocycles. The first-order valence-corrected chi connectivity index (χ1v) is 28.4. The van der Waals surface area contributed by atoms with Gasteiger partial charge in [-0.15, -0.1) is 0 Å². The summed E-state index contributed by atoms with van der Waals surface area (Å²) in [6.07, 6.45) is 0. The van der Waals surface area contributed by atoms with Gasteiger partial charge in [-0.2, -0.15) is 0 Å². The average molecular weight is 1000 g/mol. The number of rotatable bonds is 7. The topological polar surface area (TPSA) is 0 Å². The van der Waals surface area contributed by atoms with E-state index in [9.17, 15) is 0 Å². The van der Waals surface area contributed by atoms with E-state index in [0.29, 0.717) is 11.8 Å². The molecule has 0 saturated carbocycles. The van der Waals surface area contributed by atoms with Crippen LogP contribution < -0.4 is 0 Å². The van der Waals surface area contributed by atoms with Gasteiger partial charge in [0.1, 0.15) is 0 Å². The molecule has 0 spiro atoms. The second kappa shape index (κ2) is 17.6. The van der Waals surface area contributed by atoms with Crippen molar-refractivity contribution in [3.05, 3.63) is 251 Å². The standard InChI is InChI=1S/C78H66/c1-45(2)49-25-29-51(30-26-49)75-63-21-13-11-19-61(63)73(65-23-15-17-47(5)71(65)75)55-35-39-59-57-37-33-53(41-67(57)77(7,8)69(59)43-55)54-34-38-58-60-40-36-56(44-70(60)78(9,10)68(58)42-54)74-62-20-12-14-22-64(62)76(72-48(6)18-16-24-66(72)74)52-31-27-50(28-32-52)46(3)4/h11-46H,1-10H3. The summed E-state index contributed by atoms with van der Waals surface area (Å²) in [6.45, 7) is 23.4. The summed E-state index contributed by atoms with van der Waals surface area (Å²) in [7, 11) is 0. The largest absolute Gasteiger partial charge is 0.0616 e. The van der Waals surface area contributed by atoms with E-state index in [1.54, 1.807) is 0 Å². The van der Waals surface area contributed by atoms with Crippen LogP contribution in [0.15, 0.2) is 206 Å². The summed E-state index contributed by atoms with van der Waals surface area (Å²) in [6, 6.07) is 79.6. The van der Waals surface area contributed by atoms with Crippen molar-refractivity contribution in [3.8, 4) is 77.9 Å². The molecule has 0 radical (unpaired) electrons. The number of aryl methyl sites for hydroxylation is 2. The van der Waals surface area contributed by atoms with Gasteiger partial charge in [-0.3, -0.25) is 0 Å². The van der Waals surface area contributed by atoms with Gasteiger partial charge < -0.3 is 0 Å². The Morgan fingerprint density at radius 1 is 0.269 bits per heavy atom. The molecule has 12 aromatic rings. The molecule has 0 aliphatic heterocycles. The summed E-state index contributed by atoms with van der Waals surface area (Å²) in [5.74, 6) is 0.976. The molecular weight excluding hydrogens is 937 g/mol. The smallest absolute Gasteiger partial charge is 0.0159 e. The van der Waals surface area contributed by atoms with Crippen molar-refractivity contribution in [2.75, 3.05) is 0 Å². The molecular formula is C78H66. The van der Waals surface area contributed by atoms with Gasteiger partial charge in [-0.05, 0) is 215 Å². The molecule has 0 aromatic heterocycles. The molecule has 0 nitrogen and oxygen atoms in total. The van der Waals surface area contributed by atoms with Crippen LogP contribution in [0.1, 0.15) is 112 Å². The van der Waals surface area contributed by atoms with Crippen LogP contribution in [0.2, 0.25) is 0 Å². The van der Waals surface area contributed by atoms with E-state index in [4.69, 9.17) is 0 Å². The highest BCUT2D eigenvalue weighted by Gasteiger charge is 2.38. The van der Waals surface area contributed by atoms with E-state index in [-0.39, 0.29) is 10.8 Å². The second-order valence-corrected chi connectivity index (χ2v) is 24.4. The highest BCUT2D eigenvalue weighted by Crippen LogP contribution is 2.55. The number of hydrogen-bond acceptors (Lipinski definition) is 0. The molecule has 0 bridgehead atoms. The fourth-order valence-electron chi connectivity index (χ4n) is 14.2. The average Bonchev–Trinajstić information content (AvgIpc) is 3.76. The molecule has 78 heavy (non-hydrogen) atoms. The molecule has 2 aliphatic rings. The Bertz CT molecular complexity index is 4190. The zero-order valence-corrected chi connectivity index (χ0v) is 46.8. The quantitative estimate of drug-likeness (QED) is 0.140. The monoisotopic (exact) mass is 1000 g/mol. The molecule has 0 atom stereocenters. The minimum atomic E-state index is -0.206. The van der Waals surface area contributed by atoms with E-state index >= 15 is 0 Å². The molecule has 0 N–H and O–H groups in total. The van der Waals surface area contributed by atoms with E-state index in [1.807, 2.05) is 0 Å². The number of fused-ring (bicyclic) bond motifs is 10. The summed E-state index contributed by atoms with van der Waals surface area (Å²) in [5, 5.41) is 10.5. The van der Waals surface area contributed by atoms with Crippen LogP contribution in [0.5, 0.6) is 0 Å². The first-order valence-electron chi connectivity index (χ1n) is 28.4. The predicted molar refractivity (Wildman–Crippen MR) is 336 cm³/mol. The van der Waals surface area contributed by atoms with Crippen molar-refractivity contribution >= 4 is 43.1 Å². The Balaban J connectivity index is 0.832. The van der Waals surface area contributed by atoms with Crippen LogP contribution in [0, 0.1) is 13.8 Å². The highest BCUT2D eigenvalue weighted by atomic mass is 14.4. The van der Waals surface area contributed by atoms with Crippen molar-refractivity contribution in [2.24, 2.45) is 0 Å². The summed E-state index contributed by atoms with van der Waals surface area (Å²) in [4.78, 5) is 0. The number of hydrogen-bond donors (Lipinski definition) is 0. The molecule has 0 saturated heterocycles. The van der Waals surface area contributed by atoms with Crippen molar-refractivity contribution in [3.63, 3.8) is 0 Å². The fraction of sp³-hybridized carbons (Fsp3) is 0.179. The third kappa shape index (κ3) is 7.11. The number of benzene rings is 12. The maximum Gasteiger partial charge on any atom is 0.0159 e. The first kappa shape index (κ1) is 48.1. The van der Waals surface area contributed by atoms with Gasteiger partial charge in [0.2, 0.25) is 0 Å². The van der Waals surface area contributed by atoms with Crippen LogP contribution in [0.4, 0.5) is 0 Å². The van der Waals surface area contributed by atoms with Gasteiger partial charge in [-0.1, -0.05) is 237 Å². The summed E-state index contributed by atoms with van der Waals surface area (Å²) < 4.78 is 0. The van der Waals surface area contributed by atoms with Gasteiger partial charge in [0.05, 0.1) is 0 Å². The second-order valence-electron chi connectivity index (χ2n) is 24.4.